The number of aryl methyl sites for hydroxylation is 1. The van der Waals surface area contributed by atoms with Crippen molar-refractivity contribution < 1.29 is 13.9 Å². The van der Waals surface area contributed by atoms with Crippen LogP contribution in [-0.2, 0) is 29.6 Å². The zero-order valence-corrected chi connectivity index (χ0v) is 14.7. The van der Waals surface area contributed by atoms with Gasteiger partial charge in [-0.05, 0) is 49.9 Å². The minimum atomic E-state index is -0.245. The molecule has 6 heteroatoms. The molecule has 134 valence electrons. The van der Waals surface area contributed by atoms with E-state index in [4.69, 9.17) is 4.74 Å². The number of hydrogen-bond donors (Lipinski definition) is 0. The standard InChI is InChI=1S/C19H24FN3O2/c1-19(12-15-4-6-16(20)7-5-15)9-3-11-23(19)18(24)14-25-13-17-8-10-21-22(17)2/h4-8,10H,3,9,11-14H2,1-2H3/t19-/m1/s1. The van der Waals surface area contributed by atoms with E-state index in [1.165, 1.54) is 12.1 Å². The van der Waals surface area contributed by atoms with E-state index in [0.717, 1.165) is 37.1 Å². The summed E-state index contributed by atoms with van der Waals surface area (Å²) in [5.41, 5.74) is 1.73. The van der Waals surface area contributed by atoms with Crippen LogP contribution in [0.15, 0.2) is 36.5 Å². The Hall–Kier alpha value is -2.21. The Morgan fingerprint density at radius 2 is 2.08 bits per heavy atom. The molecular weight excluding hydrogens is 321 g/mol. The average Bonchev–Trinajstić information content (AvgIpc) is 3.16. The Bertz CT molecular complexity index is 729. The van der Waals surface area contributed by atoms with E-state index >= 15 is 0 Å². The van der Waals surface area contributed by atoms with Crippen molar-refractivity contribution in [2.24, 2.45) is 7.05 Å². The van der Waals surface area contributed by atoms with Crippen molar-refractivity contribution in [3.63, 3.8) is 0 Å². The fraction of sp³-hybridized carbons (Fsp3) is 0.474. The normalized spacial score (nSPS) is 20.2. The zero-order valence-electron chi connectivity index (χ0n) is 14.7. The van der Waals surface area contributed by atoms with Crippen molar-refractivity contribution >= 4 is 5.91 Å². The van der Waals surface area contributed by atoms with Crippen molar-refractivity contribution in [3.8, 4) is 0 Å². The van der Waals surface area contributed by atoms with Gasteiger partial charge in [-0.2, -0.15) is 5.10 Å². The highest BCUT2D eigenvalue weighted by Gasteiger charge is 2.39. The third-order valence-corrected chi connectivity index (χ3v) is 4.95. The van der Waals surface area contributed by atoms with Crippen LogP contribution >= 0.6 is 0 Å². The van der Waals surface area contributed by atoms with Gasteiger partial charge in [-0.1, -0.05) is 12.1 Å². The molecule has 1 aliphatic rings. The summed E-state index contributed by atoms with van der Waals surface area (Å²) >= 11 is 0. The fourth-order valence-corrected chi connectivity index (χ4v) is 3.54. The average molecular weight is 345 g/mol. The van der Waals surface area contributed by atoms with Crippen molar-refractivity contribution in [1.82, 2.24) is 14.7 Å². The van der Waals surface area contributed by atoms with Gasteiger partial charge in [0, 0.05) is 25.3 Å². The predicted octanol–water partition coefficient (Wildman–Crippen LogP) is 2.70. The third-order valence-electron chi connectivity index (χ3n) is 4.95. The van der Waals surface area contributed by atoms with Crippen molar-refractivity contribution in [3.05, 3.63) is 53.6 Å². The van der Waals surface area contributed by atoms with Gasteiger partial charge in [0.1, 0.15) is 12.4 Å². The molecule has 2 aromatic rings. The van der Waals surface area contributed by atoms with Crippen LogP contribution in [0.4, 0.5) is 4.39 Å². The van der Waals surface area contributed by atoms with Gasteiger partial charge in [0.25, 0.3) is 0 Å². The van der Waals surface area contributed by atoms with Crippen LogP contribution in [0.5, 0.6) is 0 Å². The summed E-state index contributed by atoms with van der Waals surface area (Å²) in [6.07, 6.45) is 4.35. The Morgan fingerprint density at radius 1 is 1.32 bits per heavy atom. The van der Waals surface area contributed by atoms with Gasteiger partial charge < -0.3 is 9.64 Å². The van der Waals surface area contributed by atoms with Crippen LogP contribution in [0.2, 0.25) is 0 Å². The molecule has 2 heterocycles. The number of carbonyl (C=O) groups excluding carboxylic acids is 1. The molecule has 0 saturated carbocycles. The summed E-state index contributed by atoms with van der Waals surface area (Å²) in [6, 6.07) is 8.40. The molecule has 1 aromatic heterocycles. The second kappa shape index (κ2) is 7.35. The summed E-state index contributed by atoms with van der Waals surface area (Å²) in [5.74, 6) is -0.235. The van der Waals surface area contributed by atoms with E-state index in [1.54, 1.807) is 23.0 Å². The smallest absolute Gasteiger partial charge is 0.249 e. The van der Waals surface area contributed by atoms with Gasteiger partial charge in [-0.3, -0.25) is 9.48 Å². The molecule has 5 nitrogen and oxygen atoms in total. The number of nitrogens with zero attached hydrogens (tertiary/aromatic N) is 3. The molecule has 0 unspecified atom stereocenters. The first-order chi connectivity index (χ1) is 12.0. The minimum absolute atomic E-state index is 0.00396. The topological polar surface area (TPSA) is 47.4 Å². The maximum Gasteiger partial charge on any atom is 0.249 e. The van der Waals surface area contributed by atoms with Crippen LogP contribution in [0.3, 0.4) is 0 Å². The van der Waals surface area contributed by atoms with Crippen LogP contribution < -0.4 is 0 Å². The van der Waals surface area contributed by atoms with E-state index < -0.39 is 0 Å². The highest BCUT2D eigenvalue weighted by molar-refractivity contribution is 5.78. The lowest BCUT2D eigenvalue weighted by molar-refractivity contribution is -0.140. The summed E-state index contributed by atoms with van der Waals surface area (Å²) in [5, 5.41) is 4.08. The summed E-state index contributed by atoms with van der Waals surface area (Å²) in [7, 11) is 1.85. The Balaban J connectivity index is 1.58. The summed E-state index contributed by atoms with van der Waals surface area (Å²) in [6.45, 7) is 3.27. The van der Waals surface area contributed by atoms with E-state index in [9.17, 15) is 9.18 Å². The molecule has 0 radical (unpaired) electrons. The molecular formula is C19H24FN3O2. The molecule has 0 bridgehead atoms. The molecule has 1 aliphatic heterocycles. The number of aromatic nitrogens is 2. The molecule has 0 spiro atoms. The lowest BCUT2D eigenvalue weighted by Gasteiger charge is -2.35. The zero-order chi connectivity index (χ0) is 17.9. The molecule has 1 aromatic carbocycles. The number of hydrogen-bond acceptors (Lipinski definition) is 3. The highest BCUT2D eigenvalue weighted by atomic mass is 19.1. The van der Waals surface area contributed by atoms with Gasteiger partial charge in [-0.15, -0.1) is 0 Å². The van der Waals surface area contributed by atoms with E-state index in [1.807, 2.05) is 18.0 Å². The fourth-order valence-electron chi connectivity index (χ4n) is 3.54. The monoisotopic (exact) mass is 345 g/mol. The van der Waals surface area contributed by atoms with Gasteiger partial charge in [0.2, 0.25) is 5.91 Å². The maximum absolute atomic E-state index is 13.1. The van der Waals surface area contributed by atoms with Crippen LogP contribution in [0.25, 0.3) is 0 Å². The van der Waals surface area contributed by atoms with Crippen LogP contribution in [0, 0.1) is 5.82 Å². The number of benzene rings is 1. The van der Waals surface area contributed by atoms with Gasteiger partial charge >= 0.3 is 0 Å². The molecule has 1 amide bonds. The van der Waals surface area contributed by atoms with Crippen LogP contribution in [0.1, 0.15) is 31.0 Å². The van der Waals surface area contributed by atoms with E-state index in [0.29, 0.717) is 6.61 Å². The molecule has 0 aliphatic carbocycles. The van der Waals surface area contributed by atoms with Crippen LogP contribution in [-0.4, -0.2) is 39.3 Å². The minimum Gasteiger partial charge on any atom is -0.365 e. The van der Waals surface area contributed by atoms with Crippen molar-refractivity contribution in [2.75, 3.05) is 13.2 Å². The van der Waals surface area contributed by atoms with Crippen molar-refractivity contribution in [2.45, 2.75) is 38.3 Å². The first-order valence-electron chi connectivity index (χ1n) is 8.57. The van der Waals surface area contributed by atoms with E-state index in [2.05, 4.69) is 12.0 Å². The number of ether oxygens (including phenoxy) is 1. The Kier molecular flexibility index (Phi) is 5.18. The lowest BCUT2D eigenvalue weighted by Crippen LogP contribution is -2.48. The van der Waals surface area contributed by atoms with E-state index in [-0.39, 0.29) is 23.9 Å². The molecule has 3 rings (SSSR count). The maximum atomic E-state index is 13.1. The number of rotatable bonds is 6. The Morgan fingerprint density at radius 3 is 2.76 bits per heavy atom. The SMILES string of the molecule is Cn1nccc1COCC(=O)N1CCC[C@]1(C)Cc1ccc(F)cc1. The molecule has 0 N–H and O–H groups in total. The molecule has 1 atom stereocenters. The van der Waals surface area contributed by atoms with Crippen molar-refractivity contribution in [1.29, 1.82) is 0 Å². The number of amides is 1. The molecule has 1 fully saturated rings. The lowest BCUT2D eigenvalue weighted by atomic mass is 9.90. The van der Waals surface area contributed by atoms with Gasteiger partial charge in [-0.25, -0.2) is 4.39 Å². The number of halogens is 1. The number of carbonyl (C=O) groups is 1. The molecule has 1 saturated heterocycles. The number of likely N-dealkylation sites (tertiary alicyclic amines) is 1. The second-order valence-electron chi connectivity index (χ2n) is 6.89. The second-order valence-corrected chi connectivity index (χ2v) is 6.89. The highest BCUT2D eigenvalue weighted by Crippen LogP contribution is 2.32. The quantitative estimate of drug-likeness (QED) is 0.809. The first kappa shape index (κ1) is 17.6. The summed E-state index contributed by atoms with van der Waals surface area (Å²) in [4.78, 5) is 14.6. The summed E-state index contributed by atoms with van der Waals surface area (Å²) < 4.78 is 20.4. The molecule has 25 heavy (non-hydrogen) atoms. The predicted molar refractivity (Wildman–Crippen MR) is 92.3 cm³/mol. The Labute approximate surface area is 147 Å². The van der Waals surface area contributed by atoms with Gasteiger partial charge in [0.15, 0.2) is 0 Å². The first-order valence-corrected chi connectivity index (χ1v) is 8.57. The largest absolute Gasteiger partial charge is 0.365 e. The third kappa shape index (κ3) is 4.07. The van der Waals surface area contributed by atoms with Gasteiger partial charge in [0.05, 0.1) is 12.3 Å².